The first-order valence-corrected chi connectivity index (χ1v) is 12.1. The van der Waals surface area contributed by atoms with Crippen molar-refractivity contribution < 1.29 is 13.2 Å². The van der Waals surface area contributed by atoms with Gasteiger partial charge in [-0.05, 0) is 49.8 Å². The normalized spacial score (nSPS) is 16.2. The summed E-state index contributed by atoms with van der Waals surface area (Å²) >= 11 is 0. The highest BCUT2D eigenvalue weighted by Crippen LogP contribution is 2.40. The van der Waals surface area contributed by atoms with Crippen molar-refractivity contribution in [3.8, 4) is 0 Å². The highest BCUT2D eigenvalue weighted by Gasteiger charge is 2.33. The third-order valence-corrected chi connectivity index (χ3v) is 6.89. The molecule has 172 valence electrons. The van der Waals surface area contributed by atoms with Gasteiger partial charge < -0.3 is 15.4 Å². The summed E-state index contributed by atoms with van der Waals surface area (Å²) in [5, 5.41) is 6.84. The number of methoxy groups -OCH3 is 1. The average Bonchev–Trinajstić information content (AvgIpc) is 3.18. The van der Waals surface area contributed by atoms with Gasteiger partial charge in [0.25, 0.3) is 0 Å². The molecule has 0 aliphatic heterocycles. The van der Waals surface area contributed by atoms with Gasteiger partial charge in [-0.1, -0.05) is 37.1 Å². The van der Waals surface area contributed by atoms with Crippen LogP contribution in [0.15, 0.2) is 29.3 Å². The summed E-state index contributed by atoms with van der Waals surface area (Å²) in [5.41, 5.74) is 2.03. The van der Waals surface area contributed by atoms with E-state index >= 15 is 0 Å². The van der Waals surface area contributed by atoms with E-state index in [1.165, 1.54) is 32.7 Å². The summed E-state index contributed by atoms with van der Waals surface area (Å²) in [6.07, 6.45) is 6.08. The van der Waals surface area contributed by atoms with Gasteiger partial charge in [-0.15, -0.1) is 24.0 Å². The standard InChI is InChI=1S/C21H36N4O3S.HI/c1-4-23-20(25-17-21(12-13-28-3)10-5-6-11-21)24-15-18-8-7-9-19(14-18)16-29(26,27)22-2;/h7-9,14,22H,4-6,10-13,15-17H2,1-3H3,(H2,23,24,25);1H. The number of hydrogen-bond donors (Lipinski definition) is 3. The van der Waals surface area contributed by atoms with Crippen LogP contribution in [0.2, 0.25) is 0 Å². The van der Waals surface area contributed by atoms with Crippen LogP contribution in [0, 0.1) is 5.41 Å². The first kappa shape index (κ1) is 27.1. The number of ether oxygens (including phenoxy) is 1. The van der Waals surface area contributed by atoms with Crippen molar-refractivity contribution in [2.75, 3.05) is 33.9 Å². The van der Waals surface area contributed by atoms with Gasteiger partial charge in [-0.3, -0.25) is 0 Å². The molecule has 30 heavy (non-hydrogen) atoms. The molecule has 0 unspecified atom stereocenters. The molecule has 1 aliphatic rings. The van der Waals surface area contributed by atoms with E-state index in [2.05, 4.69) is 22.3 Å². The third-order valence-electron chi connectivity index (χ3n) is 5.55. The van der Waals surface area contributed by atoms with E-state index < -0.39 is 10.0 Å². The smallest absolute Gasteiger partial charge is 0.215 e. The van der Waals surface area contributed by atoms with Crippen molar-refractivity contribution in [3.05, 3.63) is 35.4 Å². The molecule has 9 heteroatoms. The van der Waals surface area contributed by atoms with Crippen LogP contribution < -0.4 is 15.4 Å². The molecule has 0 atom stereocenters. The summed E-state index contributed by atoms with van der Waals surface area (Å²) in [7, 11) is -0.0890. The Morgan fingerprint density at radius 3 is 2.53 bits per heavy atom. The van der Waals surface area contributed by atoms with Crippen LogP contribution in [0.25, 0.3) is 0 Å². The van der Waals surface area contributed by atoms with Crippen LogP contribution in [0.3, 0.4) is 0 Å². The number of aliphatic imine (C=N–C) groups is 1. The fourth-order valence-corrected chi connectivity index (χ4v) is 4.61. The molecule has 7 nitrogen and oxygen atoms in total. The van der Waals surface area contributed by atoms with Gasteiger partial charge in [0.1, 0.15) is 0 Å². The molecular formula is C21H37IN4O3S. The molecule has 1 aliphatic carbocycles. The SMILES string of the molecule is CCNC(=NCc1cccc(CS(=O)(=O)NC)c1)NCC1(CCOC)CCCC1.I. The first-order chi connectivity index (χ1) is 13.9. The number of hydrogen-bond acceptors (Lipinski definition) is 4. The Labute approximate surface area is 198 Å². The van der Waals surface area contributed by atoms with Gasteiger partial charge in [-0.25, -0.2) is 18.1 Å². The molecule has 1 aromatic rings. The second-order valence-corrected chi connectivity index (χ2v) is 9.71. The highest BCUT2D eigenvalue weighted by molar-refractivity contribution is 14.0. The summed E-state index contributed by atoms with van der Waals surface area (Å²) in [4.78, 5) is 4.71. The van der Waals surface area contributed by atoms with E-state index in [0.29, 0.717) is 6.54 Å². The summed E-state index contributed by atoms with van der Waals surface area (Å²) < 4.78 is 31.2. The van der Waals surface area contributed by atoms with Crippen molar-refractivity contribution in [1.82, 2.24) is 15.4 Å². The summed E-state index contributed by atoms with van der Waals surface area (Å²) in [5.74, 6) is 0.769. The maximum atomic E-state index is 11.8. The predicted molar refractivity (Wildman–Crippen MR) is 134 cm³/mol. The molecule has 0 amide bonds. The third kappa shape index (κ3) is 9.07. The number of benzene rings is 1. The summed E-state index contributed by atoms with van der Waals surface area (Å²) in [6, 6.07) is 7.58. The van der Waals surface area contributed by atoms with Gasteiger partial charge in [0, 0.05) is 26.8 Å². The Morgan fingerprint density at radius 1 is 1.20 bits per heavy atom. The molecule has 0 heterocycles. The molecule has 3 N–H and O–H groups in total. The lowest BCUT2D eigenvalue weighted by atomic mass is 9.83. The van der Waals surface area contributed by atoms with Gasteiger partial charge in [0.15, 0.2) is 5.96 Å². The fraction of sp³-hybridized carbons (Fsp3) is 0.667. The largest absolute Gasteiger partial charge is 0.385 e. The maximum absolute atomic E-state index is 11.8. The molecule has 0 spiro atoms. The zero-order valence-electron chi connectivity index (χ0n) is 18.4. The Bertz CT molecular complexity index is 765. The molecule has 0 saturated heterocycles. The molecule has 1 saturated carbocycles. The van der Waals surface area contributed by atoms with Gasteiger partial charge in [0.05, 0.1) is 12.3 Å². The Hall–Kier alpha value is -0.910. The fourth-order valence-electron chi connectivity index (χ4n) is 3.85. The van der Waals surface area contributed by atoms with Crippen LogP contribution in [0.4, 0.5) is 0 Å². The number of nitrogens with one attached hydrogen (secondary N) is 3. The molecule has 2 rings (SSSR count). The number of rotatable bonds is 11. The minimum atomic E-state index is -3.28. The van der Waals surface area contributed by atoms with E-state index in [-0.39, 0.29) is 35.1 Å². The van der Waals surface area contributed by atoms with E-state index in [9.17, 15) is 8.42 Å². The van der Waals surface area contributed by atoms with Crippen molar-refractivity contribution in [3.63, 3.8) is 0 Å². The summed E-state index contributed by atoms with van der Waals surface area (Å²) in [6.45, 7) is 5.02. The van der Waals surface area contributed by atoms with E-state index in [4.69, 9.17) is 9.73 Å². The average molecular weight is 553 g/mol. The lowest BCUT2D eigenvalue weighted by Crippen LogP contribution is -2.43. The van der Waals surface area contributed by atoms with Crippen LogP contribution in [-0.2, 0) is 27.1 Å². The number of halogens is 1. The highest BCUT2D eigenvalue weighted by atomic mass is 127. The van der Waals surface area contributed by atoms with E-state index in [1.54, 1.807) is 7.11 Å². The lowest BCUT2D eigenvalue weighted by Gasteiger charge is -2.30. The lowest BCUT2D eigenvalue weighted by molar-refractivity contribution is 0.138. The maximum Gasteiger partial charge on any atom is 0.215 e. The monoisotopic (exact) mass is 552 g/mol. The minimum absolute atomic E-state index is 0. The van der Waals surface area contributed by atoms with Crippen molar-refractivity contribution in [2.24, 2.45) is 10.4 Å². The quantitative estimate of drug-likeness (QED) is 0.223. The molecule has 0 aromatic heterocycles. The van der Waals surface area contributed by atoms with Crippen LogP contribution in [-0.4, -0.2) is 48.2 Å². The first-order valence-electron chi connectivity index (χ1n) is 10.4. The van der Waals surface area contributed by atoms with Crippen molar-refractivity contribution in [2.45, 2.75) is 51.3 Å². The molecule has 0 bridgehead atoms. The minimum Gasteiger partial charge on any atom is -0.385 e. The predicted octanol–water partition coefficient (Wildman–Crippen LogP) is 3.01. The number of sulfonamides is 1. The zero-order valence-corrected chi connectivity index (χ0v) is 21.5. The molecule has 0 radical (unpaired) electrons. The van der Waals surface area contributed by atoms with E-state index in [1.807, 2.05) is 24.3 Å². The zero-order chi connectivity index (χ0) is 21.2. The molecule has 1 aromatic carbocycles. The number of nitrogens with zero attached hydrogens (tertiary/aromatic N) is 1. The second-order valence-electron chi connectivity index (χ2n) is 7.78. The van der Waals surface area contributed by atoms with Gasteiger partial charge >= 0.3 is 0 Å². The van der Waals surface area contributed by atoms with Crippen LogP contribution >= 0.6 is 24.0 Å². The van der Waals surface area contributed by atoms with Crippen molar-refractivity contribution in [1.29, 1.82) is 0 Å². The Morgan fingerprint density at radius 2 is 1.90 bits per heavy atom. The van der Waals surface area contributed by atoms with Gasteiger partial charge in [-0.2, -0.15) is 0 Å². The Balaban J connectivity index is 0.00000450. The molecular weight excluding hydrogens is 515 g/mol. The number of guanidine groups is 1. The van der Waals surface area contributed by atoms with Crippen LogP contribution in [0.5, 0.6) is 0 Å². The topological polar surface area (TPSA) is 91.8 Å². The van der Waals surface area contributed by atoms with Crippen LogP contribution in [0.1, 0.15) is 50.2 Å². The van der Waals surface area contributed by atoms with Crippen molar-refractivity contribution >= 4 is 40.0 Å². The molecule has 1 fully saturated rings. The second kappa shape index (κ2) is 13.5. The van der Waals surface area contributed by atoms with Gasteiger partial charge in [0.2, 0.25) is 10.0 Å². The Kier molecular flexibility index (Phi) is 12.2. The van der Waals surface area contributed by atoms with E-state index in [0.717, 1.165) is 43.2 Å².